The molecule has 1 aromatic rings. The zero-order chi connectivity index (χ0) is 17.7. The Labute approximate surface area is 149 Å². The molecular weight excluding hydrogens is 402 g/mol. The summed E-state index contributed by atoms with van der Waals surface area (Å²) in [4.78, 5) is 12.4. The molecule has 0 spiro atoms. The largest absolute Gasteiger partial charge is 0.379 e. The maximum Gasteiger partial charge on any atom is 0.270 e. The summed E-state index contributed by atoms with van der Waals surface area (Å²) in [7, 11) is -3.83. The summed E-state index contributed by atoms with van der Waals surface area (Å²) in [6, 6.07) is 4.00. The molecule has 0 N–H and O–H groups in total. The first kappa shape index (κ1) is 19.1. The zero-order valence-corrected chi connectivity index (χ0v) is 15.8. The number of nitro benzene ring substituents is 1. The highest BCUT2D eigenvalue weighted by molar-refractivity contribution is 9.09. The molecule has 0 aromatic heterocycles. The minimum Gasteiger partial charge on any atom is -0.379 e. The van der Waals surface area contributed by atoms with Gasteiger partial charge in [0.05, 0.1) is 23.8 Å². The fraction of sp³-hybridized carbons (Fsp3) is 0.571. The summed E-state index contributed by atoms with van der Waals surface area (Å²) < 4.78 is 32.6. The standard InChI is InChI=1S/C14H20BrN3O5S/c1-2-16(6-5-15)13-4-3-12(18(19)20)11-14(13)24(21,22)17-7-9-23-10-8-17/h3-4,11H,2,5-10H2,1H3. The number of alkyl halides is 1. The van der Waals surface area contributed by atoms with Gasteiger partial charge in [-0.1, -0.05) is 15.9 Å². The molecule has 1 aliphatic heterocycles. The van der Waals surface area contributed by atoms with E-state index in [0.29, 0.717) is 37.3 Å². The maximum atomic E-state index is 13.0. The van der Waals surface area contributed by atoms with E-state index in [4.69, 9.17) is 4.74 Å². The Morgan fingerprint density at radius 2 is 2.04 bits per heavy atom. The fourth-order valence-corrected chi connectivity index (χ4v) is 4.63. The Balaban J connectivity index is 2.54. The third kappa shape index (κ3) is 4.05. The third-order valence-electron chi connectivity index (χ3n) is 3.82. The van der Waals surface area contributed by atoms with Crippen molar-refractivity contribution in [2.75, 3.05) is 49.6 Å². The molecule has 0 amide bonds. The fourth-order valence-electron chi connectivity index (χ4n) is 2.56. The topological polar surface area (TPSA) is 93.0 Å². The second-order valence-electron chi connectivity index (χ2n) is 5.19. The Hall–Kier alpha value is -1.23. The highest BCUT2D eigenvalue weighted by Crippen LogP contribution is 2.32. The minimum absolute atomic E-state index is 0.0265. The van der Waals surface area contributed by atoms with Crippen LogP contribution < -0.4 is 4.90 Å². The molecule has 10 heteroatoms. The minimum atomic E-state index is -3.83. The van der Waals surface area contributed by atoms with Crippen molar-refractivity contribution in [1.29, 1.82) is 0 Å². The molecule has 1 fully saturated rings. The number of sulfonamides is 1. The van der Waals surface area contributed by atoms with E-state index in [2.05, 4.69) is 15.9 Å². The quantitative estimate of drug-likeness (QED) is 0.378. The number of halogens is 1. The molecule has 0 atom stereocenters. The number of rotatable bonds is 7. The van der Waals surface area contributed by atoms with E-state index >= 15 is 0 Å². The molecule has 0 saturated carbocycles. The summed E-state index contributed by atoms with van der Waals surface area (Å²) in [6.07, 6.45) is 0. The Morgan fingerprint density at radius 3 is 2.58 bits per heavy atom. The Kier molecular flexibility index (Phi) is 6.55. The molecule has 0 radical (unpaired) electrons. The molecule has 24 heavy (non-hydrogen) atoms. The first-order chi connectivity index (χ1) is 11.4. The number of benzene rings is 1. The molecule has 0 unspecified atom stereocenters. The van der Waals surface area contributed by atoms with Gasteiger partial charge in [0.2, 0.25) is 10.0 Å². The summed E-state index contributed by atoms with van der Waals surface area (Å²) >= 11 is 3.35. The van der Waals surface area contributed by atoms with Crippen molar-refractivity contribution in [3.63, 3.8) is 0 Å². The monoisotopic (exact) mass is 421 g/mol. The van der Waals surface area contributed by atoms with E-state index in [1.165, 1.54) is 16.4 Å². The lowest BCUT2D eigenvalue weighted by Crippen LogP contribution is -2.41. The maximum absolute atomic E-state index is 13.0. The molecular formula is C14H20BrN3O5S. The highest BCUT2D eigenvalue weighted by Gasteiger charge is 2.31. The summed E-state index contributed by atoms with van der Waals surface area (Å²) in [5, 5.41) is 11.8. The van der Waals surface area contributed by atoms with Crippen molar-refractivity contribution in [1.82, 2.24) is 4.31 Å². The van der Waals surface area contributed by atoms with Gasteiger partial charge in [0.1, 0.15) is 4.90 Å². The molecule has 1 heterocycles. The van der Waals surface area contributed by atoms with Crippen LogP contribution in [0.4, 0.5) is 11.4 Å². The lowest BCUT2D eigenvalue weighted by atomic mass is 10.2. The van der Waals surface area contributed by atoms with E-state index in [9.17, 15) is 18.5 Å². The Morgan fingerprint density at radius 1 is 1.38 bits per heavy atom. The Bertz CT molecular complexity index is 692. The van der Waals surface area contributed by atoms with E-state index in [1.807, 2.05) is 11.8 Å². The van der Waals surface area contributed by atoms with Crippen LogP contribution in [-0.4, -0.2) is 62.4 Å². The summed E-state index contributed by atoms with van der Waals surface area (Å²) in [6.45, 7) is 4.24. The van der Waals surface area contributed by atoms with Crippen molar-refractivity contribution in [3.8, 4) is 0 Å². The average Bonchev–Trinajstić information content (AvgIpc) is 2.60. The number of nitro groups is 1. The van der Waals surface area contributed by atoms with Crippen molar-refractivity contribution >= 4 is 37.3 Å². The molecule has 2 rings (SSSR count). The number of non-ortho nitro benzene ring substituents is 1. The van der Waals surface area contributed by atoms with Gasteiger partial charge >= 0.3 is 0 Å². The number of hydrogen-bond acceptors (Lipinski definition) is 6. The molecule has 1 aromatic carbocycles. The van der Waals surface area contributed by atoms with Crippen LogP contribution in [-0.2, 0) is 14.8 Å². The zero-order valence-electron chi connectivity index (χ0n) is 13.4. The molecule has 8 nitrogen and oxygen atoms in total. The number of anilines is 1. The first-order valence-corrected chi connectivity index (χ1v) is 10.1. The predicted octanol–water partition coefficient (Wildman–Crippen LogP) is 1.84. The lowest BCUT2D eigenvalue weighted by molar-refractivity contribution is -0.385. The second-order valence-corrected chi connectivity index (χ2v) is 7.89. The lowest BCUT2D eigenvalue weighted by Gasteiger charge is -2.29. The van der Waals surface area contributed by atoms with Crippen molar-refractivity contribution < 1.29 is 18.1 Å². The van der Waals surface area contributed by atoms with Crippen LogP contribution in [0.5, 0.6) is 0 Å². The molecule has 0 aliphatic carbocycles. The van der Waals surface area contributed by atoms with Gasteiger partial charge in [-0.3, -0.25) is 10.1 Å². The van der Waals surface area contributed by atoms with Crippen molar-refractivity contribution in [2.45, 2.75) is 11.8 Å². The third-order valence-corrected chi connectivity index (χ3v) is 6.10. The molecule has 1 saturated heterocycles. The first-order valence-electron chi connectivity index (χ1n) is 7.59. The van der Waals surface area contributed by atoms with Crippen LogP contribution in [0.2, 0.25) is 0 Å². The number of nitrogens with zero attached hydrogens (tertiary/aromatic N) is 3. The van der Waals surface area contributed by atoms with E-state index in [-0.39, 0.29) is 23.7 Å². The van der Waals surface area contributed by atoms with Gasteiger partial charge < -0.3 is 9.64 Å². The van der Waals surface area contributed by atoms with E-state index < -0.39 is 14.9 Å². The molecule has 1 aliphatic rings. The number of morpholine rings is 1. The van der Waals surface area contributed by atoms with Crippen LogP contribution in [0.1, 0.15) is 6.92 Å². The van der Waals surface area contributed by atoms with Gasteiger partial charge in [0, 0.05) is 43.6 Å². The van der Waals surface area contributed by atoms with Crippen LogP contribution in [0.3, 0.4) is 0 Å². The highest BCUT2D eigenvalue weighted by atomic mass is 79.9. The number of hydrogen-bond donors (Lipinski definition) is 0. The average molecular weight is 422 g/mol. The molecule has 134 valence electrons. The van der Waals surface area contributed by atoms with Crippen LogP contribution >= 0.6 is 15.9 Å². The second kappa shape index (κ2) is 8.24. The SMILES string of the molecule is CCN(CCBr)c1ccc([N+](=O)[O-])cc1S(=O)(=O)N1CCOCC1. The number of ether oxygens (including phenoxy) is 1. The molecule has 0 bridgehead atoms. The van der Waals surface area contributed by atoms with Crippen molar-refractivity contribution in [2.24, 2.45) is 0 Å². The van der Waals surface area contributed by atoms with Crippen LogP contribution in [0, 0.1) is 10.1 Å². The van der Waals surface area contributed by atoms with Crippen molar-refractivity contribution in [3.05, 3.63) is 28.3 Å². The van der Waals surface area contributed by atoms with Crippen LogP contribution in [0.25, 0.3) is 0 Å². The smallest absolute Gasteiger partial charge is 0.270 e. The van der Waals surface area contributed by atoms with Gasteiger partial charge in [-0.05, 0) is 13.0 Å². The summed E-state index contributed by atoms with van der Waals surface area (Å²) in [5.41, 5.74) is 0.245. The van der Waals surface area contributed by atoms with Crippen LogP contribution in [0.15, 0.2) is 23.1 Å². The summed E-state index contributed by atoms with van der Waals surface area (Å²) in [5.74, 6) is 0. The van der Waals surface area contributed by atoms with Gasteiger partial charge in [0.15, 0.2) is 0 Å². The van der Waals surface area contributed by atoms with Gasteiger partial charge in [-0.2, -0.15) is 4.31 Å². The van der Waals surface area contributed by atoms with Gasteiger partial charge in [-0.15, -0.1) is 0 Å². The van der Waals surface area contributed by atoms with E-state index in [1.54, 1.807) is 0 Å². The van der Waals surface area contributed by atoms with Gasteiger partial charge in [0.25, 0.3) is 5.69 Å². The normalized spacial score (nSPS) is 16.1. The van der Waals surface area contributed by atoms with Gasteiger partial charge in [-0.25, -0.2) is 8.42 Å². The van der Waals surface area contributed by atoms with E-state index in [0.717, 1.165) is 6.07 Å². The predicted molar refractivity (Wildman–Crippen MR) is 94.4 cm³/mol.